The smallest absolute Gasteiger partial charge is 0.407 e. The molecule has 0 fully saturated rings. The molecule has 3 amide bonds. The van der Waals surface area contributed by atoms with E-state index < -0.39 is 11.7 Å². The lowest BCUT2D eigenvalue weighted by atomic mass is 10.1. The van der Waals surface area contributed by atoms with E-state index in [1.807, 2.05) is 13.8 Å². The normalized spacial score (nSPS) is 11.1. The van der Waals surface area contributed by atoms with Crippen LogP contribution in [0, 0.1) is 13.8 Å². The van der Waals surface area contributed by atoms with Gasteiger partial charge in [-0.2, -0.15) is 0 Å². The number of rotatable bonds is 7. The molecule has 0 bridgehead atoms. The average Bonchev–Trinajstić information content (AvgIpc) is 2.64. The molecule has 9 heteroatoms. The van der Waals surface area contributed by atoms with Gasteiger partial charge in [-0.3, -0.25) is 9.59 Å². The SMILES string of the molecule is Cc1nc2ccc(C(=O)NCCNC(=O)CCNC(=O)OC(C)(C)C)cc2nc1C. The number of carbonyl (C=O) groups is 3. The van der Waals surface area contributed by atoms with Crippen molar-refractivity contribution in [2.45, 2.75) is 46.6 Å². The molecule has 0 spiro atoms. The van der Waals surface area contributed by atoms with Gasteiger partial charge < -0.3 is 20.7 Å². The summed E-state index contributed by atoms with van der Waals surface area (Å²) in [5, 5.41) is 7.96. The number of amides is 3. The number of alkyl carbamates (subject to hydrolysis) is 1. The third-order valence-electron chi connectivity index (χ3n) is 4.09. The Hall–Kier alpha value is -3.23. The number of nitrogens with one attached hydrogen (secondary N) is 3. The van der Waals surface area contributed by atoms with Crippen LogP contribution in [0.4, 0.5) is 4.79 Å². The number of hydrogen-bond acceptors (Lipinski definition) is 6. The summed E-state index contributed by atoms with van der Waals surface area (Å²) in [5.41, 5.74) is 2.98. The Morgan fingerprint density at radius 2 is 1.53 bits per heavy atom. The molecule has 0 radical (unpaired) electrons. The van der Waals surface area contributed by atoms with Gasteiger partial charge in [0.15, 0.2) is 0 Å². The van der Waals surface area contributed by atoms with E-state index in [9.17, 15) is 14.4 Å². The largest absolute Gasteiger partial charge is 0.444 e. The van der Waals surface area contributed by atoms with Gasteiger partial charge in [0.05, 0.1) is 22.4 Å². The van der Waals surface area contributed by atoms with Gasteiger partial charge in [-0.15, -0.1) is 0 Å². The molecule has 0 saturated carbocycles. The second kappa shape index (κ2) is 10.00. The third kappa shape index (κ3) is 7.31. The minimum Gasteiger partial charge on any atom is -0.444 e. The summed E-state index contributed by atoms with van der Waals surface area (Å²) in [5.74, 6) is -0.482. The molecule has 0 unspecified atom stereocenters. The predicted octanol–water partition coefficient (Wildman–Crippen LogP) is 2.01. The summed E-state index contributed by atoms with van der Waals surface area (Å²) in [7, 11) is 0. The summed E-state index contributed by atoms with van der Waals surface area (Å²) in [6.45, 7) is 9.79. The molecule has 1 aromatic carbocycles. The number of nitrogens with zero attached hydrogens (tertiary/aromatic N) is 2. The third-order valence-corrected chi connectivity index (χ3v) is 4.09. The van der Waals surface area contributed by atoms with E-state index in [2.05, 4.69) is 25.9 Å². The molecule has 30 heavy (non-hydrogen) atoms. The van der Waals surface area contributed by atoms with E-state index in [1.54, 1.807) is 39.0 Å². The highest BCUT2D eigenvalue weighted by Crippen LogP contribution is 2.14. The van der Waals surface area contributed by atoms with Gasteiger partial charge in [0.1, 0.15) is 5.60 Å². The Kier molecular flexibility index (Phi) is 7.68. The first-order valence-electron chi connectivity index (χ1n) is 9.82. The fourth-order valence-electron chi connectivity index (χ4n) is 2.53. The topological polar surface area (TPSA) is 122 Å². The van der Waals surface area contributed by atoms with Gasteiger partial charge in [-0.1, -0.05) is 0 Å². The van der Waals surface area contributed by atoms with Gasteiger partial charge in [-0.25, -0.2) is 14.8 Å². The number of aromatic nitrogens is 2. The average molecular weight is 415 g/mol. The van der Waals surface area contributed by atoms with Crippen LogP contribution in [0.25, 0.3) is 11.0 Å². The van der Waals surface area contributed by atoms with Gasteiger partial charge in [0, 0.05) is 31.6 Å². The highest BCUT2D eigenvalue weighted by atomic mass is 16.6. The van der Waals surface area contributed by atoms with E-state index >= 15 is 0 Å². The monoisotopic (exact) mass is 415 g/mol. The van der Waals surface area contributed by atoms with Crippen LogP contribution in [0.1, 0.15) is 48.9 Å². The second-order valence-corrected chi connectivity index (χ2v) is 7.88. The van der Waals surface area contributed by atoms with Crippen LogP contribution in [0.2, 0.25) is 0 Å². The van der Waals surface area contributed by atoms with Crippen LogP contribution in [0.3, 0.4) is 0 Å². The number of aryl methyl sites for hydroxylation is 2. The molecule has 2 rings (SSSR count). The summed E-state index contributed by atoms with van der Waals surface area (Å²) < 4.78 is 5.09. The number of hydrogen-bond donors (Lipinski definition) is 3. The second-order valence-electron chi connectivity index (χ2n) is 7.88. The van der Waals surface area contributed by atoms with Crippen LogP contribution in [-0.4, -0.2) is 53.1 Å². The fourth-order valence-corrected chi connectivity index (χ4v) is 2.53. The molecule has 1 heterocycles. The zero-order chi connectivity index (χ0) is 22.3. The van der Waals surface area contributed by atoms with Crippen LogP contribution in [-0.2, 0) is 9.53 Å². The van der Waals surface area contributed by atoms with Gasteiger partial charge in [0.2, 0.25) is 5.91 Å². The summed E-state index contributed by atoms with van der Waals surface area (Å²) in [6, 6.07) is 5.16. The first-order chi connectivity index (χ1) is 14.0. The molecule has 0 atom stereocenters. The number of carbonyl (C=O) groups excluding carboxylic acids is 3. The maximum absolute atomic E-state index is 12.3. The lowest BCUT2D eigenvalue weighted by Crippen LogP contribution is -2.37. The molecule has 0 saturated heterocycles. The van der Waals surface area contributed by atoms with Crippen LogP contribution < -0.4 is 16.0 Å². The van der Waals surface area contributed by atoms with Crippen LogP contribution >= 0.6 is 0 Å². The Morgan fingerprint density at radius 3 is 2.20 bits per heavy atom. The van der Waals surface area contributed by atoms with Crippen LogP contribution in [0.5, 0.6) is 0 Å². The van der Waals surface area contributed by atoms with E-state index in [-0.39, 0.29) is 37.9 Å². The van der Waals surface area contributed by atoms with E-state index in [0.29, 0.717) is 11.1 Å². The Morgan fingerprint density at radius 1 is 0.900 bits per heavy atom. The molecule has 162 valence electrons. The van der Waals surface area contributed by atoms with Crippen molar-refractivity contribution < 1.29 is 19.1 Å². The zero-order valence-corrected chi connectivity index (χ0v) is 18.1. The standard InChI is InChI=1S/C21H29N5O4/c1-13-14(2)26-17-12-15(6-7-16(17)25-13)19(28)23-11-10-22-18(27)8-9-24-20(29)30-21(3,4)5/h6-7,12H,8-11H2,1-5H3,(H,22,27)(H,23,28)(H,24,29). The molecule has 0 aliphatic heterocycles. The summed E-state index contributed by atoms with van der Waals surface area (Å²) in [4.78, 5) is 44.5. The number of fused-ring (bicyclic) bond motifs is 1. The predicted molar refractivity (Wildman–Crippen MR) is 113 cm³/mol. The number of ether oxygens (including phenoxy) is 1. The number of benzene rings is 1. The summed E-state index contributed by atoms with van der Waals surface area (Å²) >= 11 is 0. The molecular weight excluding hydrogens is 386 g/mol. The van der Waals surface area contributed by atoms with Crippen molar-refractivity contribution >= 4 is 28.9 Å². The summed E-state index contributed by atoms with van der Waals surface area (Å²) in [6.07, 6.45) is -0.442. The fraction of sp³-hybridized carbons (Fsp3) is 0.476. The Labute approximate surface area is 176 Å². The highest BCUT2D eigenvalue weighted by Gasteiger charge is 2.16. The van der Waals surface area contributed by atoms with Gasteiger partial charge in [-0.05, 0) is 52.8 Å². The first kappa shape index (κ1) is 23.1. The Balaban J connectivity index is 1.70. The van der Waals surface area contributed by atoms with Crippen molar-refractivity contribution in [3.63, 3.8) is 0 Å². The van der Waals surface area contributed by atoms with E-state index in [0.717, 1.165) is 16.9 Å². The highest BCUT2D eigenvalue weighted by molar-refractivity contribution is 5.97. The van der Waals surface area contributed by atoms with Crippen molar-refractivity contribution in [1.29, 1.82) is 0 Å². The van der Waals surface area contributed by atoms with Crippen molar-refractivity contribution in [2.24, 2.45) is 0 Å². The van der Waals surface area contributed by atoms with Gasteiger partial charge in [0.25, 0.3) is 5.91 Å². The van der Waals surface area contributed by atoms with Crippen molar-refractivity contribution in [1.82, 2.24) is 25.9 Å². The molecule has 0 aliphatic rings. The quantitative estimate of drug-likeness (QED) is 0.595. The van der Waals surface area contributed by atoms with Crippen molar-refractivity contribution in [3.8, 4) is 0 Å². The molecule has 3 N–H and O–H groups in total. The Bertz CT molecular complexity index is 937. The molecular formula is C21H29N5O4. The first-order valence-corrected chi connectivity index (χ1v) is 9.82. The molecule has 0 aliphatic carbocycles. The minimum absolute atomic E-state index is 0.120. The maximum Gasteiger partial charge on any atom is 0.407 e. The molecule has 2 aromatic rings. The van der Waals surface area contributed by atoms with E-state index in [4.69, 9.17) is 4.74 Å². The van der Waals surface area contributed by atoms with Crippen molar-refractivity contribution in [2.75, 3.05) is 19.6 Å². The lowest BCUT2D eigenvalue weighted by molar-refractivity contribution is -0.120. The molecule has 9 nitrogen and oxygen atoms in total. The van der Waals surface area contributed by atoms with Crippen molar-refractivity contribution in [3.05, 3.63) is 35.2 Å². The maximum atomic E-state index is 12.3. The molecule has 1 aromatic heterocycles. The van der Waals surface area contributed by atoms with Crippen LogP contribution in [0.15, 0.2) is 18.2 Å². The zero-order valence-electron chi connectivity index (χ0n) is 18.1. The van der Waals surface area contributed by atoms with E-state index in [1.165, 1.54) is 0 Å². The van der Waals surface area contributed by atoms with Gasteiger partial charge >= 0.3 is 6.09 Å². The lowest BCUT2D eigenvalue weighted by Gasteiger charge is -2.19. The minimum atomic E-state index is -0.583.